The molecule has 0 unspecified atom stereocenters. The zero-order chi connectivity index (χ0) is 17.8. The van der Waals surface area contributed by atoms with Crippen LogP contribution in [0.3, 0.4) is 0 Å². The number of aromatic nitrogens is 2. The molecule has 1 aliphatic heterocycles. The molecule has 5 nitrogen and oxygen atoms in total. The molecule has 3 aromatic rings. The smallest absolute Gasteiger partial charge is 0.297 e. The third kappa shape index (κ3) is 3.53. The summed E-state index contributed by atoms with van der Waals surface area (Å²) in [6.45, 7) is 4.34. The molecule has 1 fully saturated rings. The van der Waals surface area contributed by atoms with Crippen LogP contribution in [0, 0.1) is 0 Å². The lowest BCUT2D eigenvalue weighted by atomic mass is 10.1. The van der Waals surface area contributed by atoms with Crippen molar-refractivity contribution in [1.82, 2.24) is 9.55 Å². The van der Waals surface area contributed by atoms with Crippen molar-refractivity contribution in [2.24, 2.45) is 0 Å². The fourth-order valence-electron chi connectivity index (χ4n) is 3.57. The summed E-state index contributed by atoms with van der Waals surface area (Å²) in [5, 5.41) is 0. The molecule has 4 rings (SSSR count). The highest BCUT2D eigenvalue weighted by Crippen LogP contribution is 2.27. The zero-order valence-electron chi connectivity index (χ0n) is 15.2. The third-order valence-electron chi connectivity index (χ3n) is 4.95. The van der Waals surface area contributed by atoms with Crippen molar-refractivity contribution < 1.29 is 9.47 Å². The molecule has 0 amide bonds. The second kappa shape index (κ2) is 7.79. The van der Waals surface area contributed by atoms with Gasteiger partial charge >= 0.3 is 0 Å². The van der Waals surface area contributed by atoms with Gasteiger partial charge in [-0.15, -0.1) is 0 Å². The van der Waals surface area contributed by atoms with Crippen LogP contribution in [0.25, 0.3) is 11.0 Å². The SMILES string of the molecule is COc1nc2ccc(N3CCOCC3)cc2n1CCCc1ccccc1. The van der Waals surface area contributed by atoms with Gasteiger partial charge in [0.25, 0.3) is 6.01 Å². The average Bonchev–Trinajstić information content (AvgIpc) is 3.06. The first-order chi connectivity index (χ1) is 12.8. The van der Waals surface area contributed by atoms with Crippen LogP contribution in [0.5, 0.6) is 6.01 Å². The van der Waals surface area contributed by atoms with Gasteiger partial charge in [0.15, 0.2) is 0 Å². The minimum atomic E-state index is 0.687. The van der Waals surface area contributed by atoms with E-state index in [9.17, 15) is 0 Å². The number of hydrogen-bond donors (Lipinski definition) is 0. The molecule has 26 heavy (non-hydrogen) atoms. The van der Waals surface area contributed by atoms with Crippen LogP contribution in [0.2, 0.25) is 0 Å². The molecule has 0 radical (unpaired) electrons. The molecule has 1 aliphatic rings. The summed E-state index contributed by atoms with van der Waals surface area (Å²) in [7, 11) is 1.69. The maximum Gasteiger partial charge on any atom is 0.297 e. The summed E-state index contributed by atoms with van der Waals surface area (Å²) >= 11 is 0. The van der Waals surface area contributed by atoms with E-state index in [4.69, 9.17) is 9.47 Å². The van der Waals surface area contributed by atoms with Crippen LogP contribution in [-0.4, -0.2) is 43.0 Å². The number of morpholine rings is 1. The summed E-state index contributed by atoms with van der Waals surface area (Å²) in [4.78, 5) is 7.01. The van der Waals surface area contributed by atoms with Crippen molar-refractivity contribution in [3.05, 3.63) is 54.1 Å². The first kappa shape index (κ1) is 16.9. The number of fused-ring (bicyclic) bond motifs is 1. The lowest BCUT2D eigenvalue weighted by molar-refractivity contribution is 0.122. The van der Waals surface area contributed by atoms with E-state index in [1.165, 1.54) is 11.3 Å². The molecule has 1 saturated heterocycles. The predicted molar refractivity (Wildman–Crippen MR) is 104 cm³/mol. The van der Waals surface area contributed by atoms with E-state index >= 15 is 0 Å². The fraction of sp³-hybridized carbons (Fsp3) is 0.381. The van der Waals surface area contributed by atoms with Gasteiger partial charge in [-0.25, -0.2) is 0 Å². The van der Waals surface area contributed by atoms with Crippen molar-refractivity contribution in [3.63, 3.8) is 0 Å². The molecule has 0 saturated carbocycles. The molecular weight excluding hydrogens is 326 g/mol. The number of rotatable bonds is 6. The summed E-state index contributed by atoms with van der Waals surface area (Å²) in [6.07, 6.45) is 2.10. The van der Waals surface area contributed by atoms with Crippen LogP contribution in [0.15, 0.2) is 48.5 Å². The maximum atomic E-state index is 5.54. The second-order valence-corrected chi connectivity index (χ2v) is 6.61. The molecule has 0 bridgehead atoms. The van der Waals surface area contributed by atoms with E-state index in [0.29, 0.717) is 6.01 Å². The topological polar surface area (TPSA) is 39.5 Å². The molecule has 0 N–H and O–H groups in total. The molecular formula is C21H25N3O2. The van der Waals surface area contributed by atoms with Crippen molar-refractivity contribution in [2.75, 3.05) is 38.3 Å². The summed E-state index contributed by atoms with van der Waals surface area (Å²) < 4.78 is 13.2. The number of benzene rings is 2. The van der Waals surface area contributed by atoms with Crippen molar-refractivity contribution >= 4 is 16.7 Å². The molecule has 0 atom stereocenters. The molecule has 2 heterocycles. The first-order valence-electron chi connectivity index (χ1n) is 9.26. The van der Waals surface area contributed by atoms with Gasteiger partial charge in [-0.2, -0.15) is 4.98 Å². The monoisotopic (exact) mass is 351 g/mol. The summed E-state index contributed by atoms with van der Waals surface area (Å²) in [6, 6.07) is 17.8. The van der Waals surface area contributed by atoms with Crippen LogP contribution < -0.4 is 9.64 Å². The Morgan fingerprint density at radius 3 is 2.65 bits per heavy atom. The Labute approximate surface area is 154 Å². The number of anilines is 1. The summed E-state index contributed by atoms with van der Waals surface area (Å²) in [5.74, 6) is 0. The highest BCUT2D eigenvalue weighted by atomic mass is 16.5. The number of aryl methyl sites for hydroxylation is 2. The van der Waals surface area contributed by atoms with Crippen LogP contribution >= 0.6 is 0 Å². The number of methoxy groups -OCH3 is 1. The number of hydrogen-bond acceptors (Lipinski definition) is 4. The van der Waals surface area contributed by atoms with Gasteiger partial charge in [0, 0.05) is 25.3 Å². The molecule has 136 valence electrons. The van der Waals surface area contributed by atoms with Crippen LogP contribution in [0.1, 0.15) is 12.0 Å². The first-order valence-corrected chi connectivity index (χ1v) is 9.26. The molecule has 0 spiro atoms. The van der Waals surface area contributed by atoms with Crippen LogP contribution in [-0.2, 0) is 17.7 Å². The largest absolute Gasteiger partial charge is 0.468 e. The molecule has 2 aromatic carbocycles. The fourth-order valence-corrected chi connectivity index (χ4v) is 3.57. The van der Waals surface area contributed by atoms with E-state index in [1.54, 1.807) is 7.11 Å². The van der Waals surface area contributed by atoms with Crippen molar-refractivity contribution in [3.8, 4) is 6.01 Å². The van der Waals surface area contributed by atoms with Gasteiger partial charge in [-0.3, -0.25) is 4.57 Å². The molecule has 1 aromatic heterocycles. The van der Waals surface area contributed by atoms with E-state index in [-0.39, 0.29) is 0 Å². The number of ether oxygens (including phenoxy) is 2. The number of nitrogens with zero attached hydrogens (tertiary/aromatic N) is 3. The van der Waals surface area contributed by atoms with Gasteiger partial charge in [-0.05, 0) is 36.6 Å². The maximum absolute atomic E-state index is 5.54. The highest BCUT2D eigenvalue weighted by molar-refractivity contribution is 5.81. The Morgan fingerprint density at radius 1 is 1.08 bits per heavy atom. The second-order valence-electron chi connectivity index (χ2n) is 6.61. The van der Waals surface area contributed by atoms with E-state index < -0.39 is 0 Å². The average molecular weight is 351 g/mol. The van der Waals surface area contributed by atoms with Crippen LogP contribution in [0.4, 0.5) is 5.69 Å². The standard InChI is InChI=1S/C21H25N3O2/c1-25-21-22-19-10-9-18(23-12-14-26-15-13-23)16-20(19)24(21)11-5-8-17-6-3-2-4-7-17/h2-4,6-7,9-10,16H,5,8,11-15H2,1H3. The molecule has 5 heteroatoms. The Balaban J connectivity index is 1.57. The normalized spacial score (nSPS) is 14.7. The van der Waals surface area contributed by atoms with Gasteiger partial charge in [0.1, 0.15) is 0 Å². The van der Waals surface area contributed by atoms with Gasteiger partial charge in [0.2, 0.25) is 0 Å². The number of imidazole rings is 1. The molecule has 0 aliphatic carbocycles. The van der Waals surface area contributed by atoms with Crippen molar-refractivity contribution in [2.45, 2.75) is 19.4 Å². The van der Waals surface area contributed by atoms with Gasteiger partial charge < -0.3 is 14.4 Å². The minimum absolute atomic E-state index is 0.687. The quantitative estimate of drug-likeness (QED) is 0.681. The Bertz CT molecular complexity index is 854. The summed E-state index contributed by atoms with van der Waals surface area (Å²) in [5.41, 5.74) is 4.72. The van der Waals surface area contributed by atoms with E-state index in [2.05, 4.69) is 63.0 Å². The van der Waals surface area contributed by atoms with E-state index in [1.807, 2.05) is 0 Å². The zero-order valence-corrected chi connectivity index (χ0v) is 15.2. The highest BCUT2D eigenvalue weighted by Gasteiger charge is 2.15. The van der Waals surface area contributed by atoms with Crippen molar-refractivity contribution in [1.29, 1.82) is 0 Å². The Morgan fingerprint density at radius 2 is 1.88 bits per heavy atom. The Kier molecular flexibility index (Phi) is 5.07. The van der Waals surface area contributed by atoms with Gasteiger partial charge in [0.05, 0.1) is 31.4 Å². The third-order valence-corrected chi connectivity index (χ3v) is 4.95. The van der Waals surface area contributed by atoms with E-state index in [0.717, 1.165) is 56.7 Å². The van der Waals surface area contributed by atoms with Gasteiger partial charge in [-0.1, -0.05) is 30.3 Å². The Hall–Kier alpha value is -2.53. The lowest BCUT2D eigenvalue weighted by Gasteiger charge is -2.28. The lowest BCUT2D eigenvalue weighted by Crippen LogP contribution is -2.36. The minimum Gasteiger partial charge on any atom is -0.468 e. The predicted octanol–water partition coefficient (Wildman–Crippen LogP) is 3.51.